The maximum absolute atomic E-state index is 6.35. The second kappa shape index (κ2) is 4.46. The van der Waals surface area contributed by atoms with Gasteiger partial charge in [0, 0.05) is 31.7 Å². The van der Waals surface area contributed by atoms with Crippen LogP contribution in [0.4, 0.5) is 0 Å². The minimum Gasteiger partial charge on any atom is -0.327 e. The monoisotopic (exact) mass is 249 g/mol. The average Bonchev–Trinajstić information content (AvgIpc) is 2.85. The van der Waals surface area contributed by atoms with Gasteiger partial charge in [-0.25, -0.2) is 0 Å². The average molecular weight is 249 g/mol. The molecule has 0 aromatic carbocycles. The molecule has 3 heteroatoms. The third-order valence-electron chi connectivity index (χ3n) is 6.27. The fourth-order valence-electron chi connectivity index (χ4n) is 5.17. The van der Waals surface area contributed by atoms with Gasteiger partial charge in [0.2, 0.25) is 0 Å². The summed E-state index contributed by atoms with van der Waals surface area (Å²) >= 11 is 0. The Morgan fingerprint density at radius 3 is 2.33 bits per heavy atom. The molecule has 5 aliphatic rings. The van der Waals surface area contributed by atoms with E-state index in [1.54, 1.807) is 0 Å². The fourth-order valence-corrected chi connectivity index (χ4v) is 5.17. The van der Waals surface area contributed by atoms with E-state index in [0.29, 0.717) is 6.04 Å². The number of likely N-dealkylation sites (tertiary alicyclic amines) is 1. The molecule has 4 saturated heterocycles. The van der Waals surface area contributed by atoms with Gasteiger partial charge in [0.05, 0.1) is 0 Å². The van der Waals surface area contributed by atoms with Gasteiger partial charge in [-0.15, -0.1) is 0 Å². The van der Waals surface area contributed by atoms with Crippen molar-refractivity contribution in [3.05, 3.63) is 0 Å². The zero-order valence-electron chi connectivity index (χ0n) is 11.4. The molecule has 102 valence electrons. The van der Waals surface area contributed by atoms with Crippen LogP contribution in [0.15, 0.2) is 0 Å². The topological polar surface area (TPSA) is 32.5 Å². The first-order chi connectivity index (χ1) is 8.81. The van der Waals surface area contributed by atoms with Crippen molar-refractivity contribution in [3.63, 3.8) is 0 Å². The maximum Gasteiger partial charge on any atom is 0.0252 e. The van der Waals surface area contributed by atoms with E-state index in [4.69, 9.17) is 5.73 Å². The van der Waals surface area contributed by atoms with Gasteiger partial charge < -0.3 is 10.6 Å². The normalized spacial score (nSPS) is 52.5. The first kappa shape index (κ1) is 11.7. The van der Waals surface area contributed by atoms with Crippen molar-refractivity contribution in [2.24, 2.45) is 23.5 Å². The van der Waals surface area contributed by atoms with Crippen molar-refractivity contribution >= 4 is 0 Å². The Kier molecular flexibility index (Phi) is 2.90. The number of nitrogens with two attached hydrogens (primary N) is 1. The molecule has 5 rings (SSSR count). The highest BCUT2D eigenvalue weighted by Crippen LogP contribution is 2.40. The van der Waals surface area contributed by atoms with Crippen LogP contribution in [0.1, 0.15) is 32.1 Å². The first-order valence-corrected chi connectivity index (χ1v) is 8.03. The Bertz CT molecular complexity index is 311. The van der Waals surface area contributed by atoms with Crippen LogP contribution >= 0.6 is 0 Å². The predicted octanol–water partition coefficient (Wildman–Crippen LogP) is 1.14. The summed E-state index contributed by atoms with van der Waals surface area (Å²) in [7, 11) is 0. The smallest absolute Gasteiger partial charge is 0.0252 e. The van der Waals surface area contributed by atoms with Crippen LogP contribution in [-0.2, 0) is 0 Å². The number of rotatable bonds is 1. The van der Waals surface area contributed by atoms with E-state index in [2.05, 4.69) is 9.80 Å². The fraction of sp³-hybridized carbons (Fsp3) is 1.00. The van der Waals surface area contributed by atoms with Crippen LogP contribution < -0.4 is 5.73 Å². The molecule has 0 aromatic heterocycles. The summed E-state index contributed by atoms with van der Waals surface area (Å²) < 4.78 is 0. The van der Waals surface area contributed by atoms with Crippen LogP contribution in [0.2, 0.25) is 0 Å². The molecule has 4 heterocycles. The predicted molar refractivity (Wildman–Crippen MR) is 73.3 cm³/mol. The summed E-state index contributed by atoms with van der Waals surface area (Å²) in [5, 5.41) is 0. The minimum absolute atomic E-state index is 0.495. The van der Waals surface area contributed by atoms with Gasteiger partial charge >= 0.3 is 0 Å². The second-order valence-electron chi connectivity index (χ2n) is 7.18. The van der Waals surface area contributed by atoms with Crippen molar-refractivity contribution in [2.75, 3.05) is 32.7 Å². The van der Waals surface area contributed by atoms with E-state index in [1.807, 2.05) is 0 Å². The molecule has 4 unspecified atom stereocenters. The molecule has 3 nitrogen and oxygen atoms in total. The highest BCUT2D eigenvalue weighted by atomic mass is 15.3. The van der Waals surface area contributed by atoms with Gasteiger partial charge in [0.1, 0.15) is 0 Å². The van der Waals surface area contributed by atoms with Gasteiger partial charge in [0.15, 0.2) is 0 Å². The van der Waals surface area contributed by atoms with Crippen LogP contribution in [0.3, 0.4) is 0 Å². The summed E-state index contributed by atoms with van der Waals surface area (Å²) in [6.45, 7) is 6.73. The SMILES string of the molecule is NC1CCCC2CN(C3CN4CCC3CC4)CC12. The van der Waals surface area contributed by atoms with Crippen molar-refractivity contribution in [1.82, 2.24) is 9.80 Å². The van der Waals surface area contributed by atoms with Gasteiger partial charge in [-0.05, 0) is 56.5 Å². The Balaban J connectivity index is 1.47. The molecule has 5 fully saturated rings. The summed E-state index contributed by atoms with van der Waals surface area (Å²) in [6, 6.07) is 1.36. The van der Waals surface area contributed by atoms with E-state index in [9.17, 15) is 0 Å². The van der Waals surface area contributed by atoms with E-state index < -0.39 is 0 Å². The van der Waals surface area contributed by atoms with Crippen molar-refractivity contribution < 1.29 is 0 Å². The zero-order valence-corrected chi connectivity index (χ0v) is 11.4. The number of nitrogens with zero attached hydrogens (tertiary/aromatic N) is 2. The van der Waals surface area contributed by atoms with E-state index in [-0.39, 0.29) is 0 Å². The van der Waals surface area contributed by atoms with Crippen molar-refractivity contribution in [2.45, 2.75) is 44.2 Å². The summed E-state index contributed by atoms with van der Waals surface area (Å²) in [5.74, 6) is 2.73. The Hall–Kier alpha value is -0.120. The molecule has 1 aliphatic carbocycles. The maximum atomic E-state index is 6.35. The molecule has 0 aromatic rings. The van der Waals surface area contributed by atoms with Gasteiger partial charge in [-0.3, -0.25) is 4.90 Å². The molecule has 0 spiro atoms. The molecule has 4 atom stereocenters. The number of fused-ring (bicyclic) bond motifs is 4. The molecular weight excluding hydrogens is 222 g/mol. The summed E-state index contributed by atoms with van der Waals surface area (Å²) in [6.07, 6.45) is 6.98. The second-order valence-corrected chi connectivity index (χ2v) is 7.18. The van der Waals surface area contributed by atoms with Gasteiger partial charge in [0.25, 0.3) is 0 Å². The van der Waals surface area contributed by atoms with E-state index in [1.165, 1.54) is 64.8 Å². The lowest BCUT2D eigenvalue weighted by Crippen LogP contribution is -2.57. The van der Waals surface area contributed by atoms with Gasteiger partial charge in [-0.1, -0.05) is 6.42 Å². The van der Waals surface area contributed by atoms with Crippen LogP contribution in [0.5, 0.6) is 0 Å². The summed E-state index contributed by atoms with van der Waals surface area (Å²) in [4.78, 5) is 5.52. The lowest BCUT2D eigenvalue weighted by atomic mass is 9.78. The van der Waals surface area contributed by atoms with Gasteiger partial charge in [-0.2, -0.15) is 0 Å². The lowest BCUT2D eigenvalue weighted by molar-refractivity contribution is 0.0131. The lowest BCUT2D eigenvalue weighted by Gasteiger charge is -2.48. The number of hydrogen-bond donors (Lipinski definition) is 1. The van der Waals surface area contributed by atoms with Crippen LogP contribution in [0.25, 0.3) is 0 Å². The molecular formula is C15H27N3. The van der Waals surface area contributed by atoms with Crippen molar-refractivity contribution in [1.29, 1.82) is 0 Å². The number of piperidine rings is 3. The van der Waals surface area contributed by atoms with Crippen molar-refractivity contribution in [3.8, 4) is 0 Å². The van der Waals surface area contributed by atoms with Crippen LogP contribution in [-0.4, -0.2) is 54.6 Å². The van der Waals surface area contributed by atoms with E-state index >= 15 is 0 Å². The molecule has 0 amide bonds. The Morgan fingerprint density at radius 1 is 0.833 bits per heavy atom. The molecule has 4 aliphatic heterocycles. The summed E-state index contributed by atoms with van der Waals surface area (Å²) in [5.41, 5.74) is 6.35. The zero-order chi connectivity index (χ0) is 12.1. The third-order valence-corrected chi connectivity index (χ3v) is 6.27. The molecule has 18 heavy (non-hydrogen) atoms. The Labute approximate surface area is 111 Å². The van der Waals surface area contributed by atoms with Crippen LogP contribution in [0, 0.1) is 17.8 Å². The van der Waals surface area contributed by atoms with E-state index in [0.717, 1.165) is 23.8 Å². The number of hydrogen-bond acceptors (Lipinski definition) is 3. The standard InChI is InChI=1S/C15H27N3/c16-14-3-1-2-12-8-18(9-13(12)14)15-10-17-6-4-11(15)5-7-17/h11-15H,1-10,16H2. The largest absolute Gasteiger partial charge is 0.327 e. The molecule has 2 bridgehead atoms. The quantitative estimate of drug-likeness (QED) is 0.756. The minimum atomic E-state index is 0.495. The Morgan fingerprint density at radius 2 is 1.67 bits per heavy atom. The molecule has 2 N–H and O–H groups in total. The molecule has 1 saturated carbocycles. The highest BCUT2D eigenvalue weighted by Gasteiger charge is 2.45. The highest BCUT2D eigenvalue weighted by molar-refractivity contribution is 4.99. The third kappa shape index (κ3) is 1.83. The first-order valence-electron chi connectivity index (χ1n) is 8.03. The molecule has 0 radical (unpaired) electrons.